The lowest BCUT2D eigenvalue weighted by atomic mass is 10.0. The maximum Gasteiger partial charge on any atom is 0.259 e. The molecule has 154 valence electrons. The number of carbonyl (C=O) groups excluding carboxylic acids is 2. The fourth-order valence-electron chi connectivity index (χ4n) is 3.33. The quantitative estimate of drug-likeness (QED) is 0.683. The fourth-order valence-corrected chi connectivity index (χ4v) is 3.33. The highest BCUT2D eigenvalue weighted by Gasteiger charge is 2.25. The Hall–Kier alpha value is -3.16. The normalized spacial score (nSPS) is 11.3. The van der Waals surface area contributed by atoms with Crippen molar-refractivity contribution in [2.45, 2.75) is 47.6 Å². The molecule has 3 aromatic rings. The Morgan fingerprint density at radius 2 is 1.93 bits per heavy atom. The van der Waals surface area contributed by atoms with E-state index in [2.05, 4.69) is 15.5 Å². The monoisotopic (exact) mass is 398 g/mol. The molecule has 1 N–H and O–H groups in total. The van der Waals surface area contributed by atoms with Gasteiger partial charge in [-0.2, -0.15) is 0 Å². The molecule has 0 saturated heterocycles. The predicted octanol–water partition coefficient (Wildman–Crippen LogP) is 3.39. The molecule has 0 radical (unpaired) electrons. The summed E-state index contributed by atoms with van der Waals surface area (Å²) in [5, 5.41) is 7.35. The third-order valence-corrected chi connectivity index (χ3v) is 4.62. The van der Waals surface area contributed by atoms with E-state index in [1.165, 1.54) is 4.90 Å². The molecule has 0 aliphatic rings. The fraction of sp³-hybridized carbons (Fsp3) is 0.429. The summed E-state index contributed by atoms with van der Waals surface area (Å²) in [6.45, 7) is 11.4. The van der Waals surface area contributed by atoms with Crippen LogP contribution in [-0.4, -0.2) is 46.0 Å². The summed E-state index contributed by atoms with van der Waals surface area (Å²) >= 11 is 0. The van der Waals surface area contributed by atoms with Gasteiger partial charge in [0.15, 0.2) is 0 Å². The standard InChI is InChI=1S/C21H26N4O4/c1-7-25(10-18(26)22-11(2)3)21(27)16-9-17(15-8-12(4)28-14(15)6)23-20-19(16)13(5)24-29-20/h8-9,11H,7,10H2,1-6H3,(H,22,26). The van der Waals surface area contributed by atoms with Gasteiger partial charge in [-0.15, -0.1) is 0 Å². The van der Waals surface area contributed by atoms with E-state index in [9.17, 15) is 9.59 Å². The van der Waals surface area contributed by atoms with Crippen molar-refractivity contribution < 1.29 is 18.5 Å². The van der Waals surface area contributed by atoms with Crippen molar-refractivity contribution in [2.75, 3.05) is 13.1 Å². The first-order valence-corrected chi connectivity index (χ1v) is 9.64. The molecule has 8 nitrogen and oxygen atoms in total. The van der Waals surface area contributed by atoms with Crippen LogP contribution >= 0.6 is 0 Å². The summed E-state index contributed by atoms with van der Waals surface area (Å²) in [4.78, 5) is 31.6. The van der Waals surface area contributed by atoms with E-state index in [-0.39, 0.29) is 30.1 Å². The highest BCUT2D eigenvalue weighted by atomic mass is 16.5. The number of nitrogens with zero attached hydrogens (tertiary/aromatic N) is 3. The van der Waals surface area contributed by atoms with Crippen molar-refractivity contribution in [3.8, 4) is 11.3 Å². The smallest absolute Gasteiger partial charge is 0.259 e. The van der Waals surface area contributed by atoms with Gasteiger partial charge < -0.3 is 19.2 Å². The molecular formula is C21H26N4O4. The number of carbonyl (C=O) groups is 2. The Kier molecular flexibility index (Phi) is 5.72. The number of likely N-dealkylation sites (N-methyl/N-ethyl adjacent to an activating group) is 1. The van der Waals surface area contributed by atoms with Crippen molar-refractivity contribution in [3.63, 3.8) is 0 Å². The zero-order chi connectivity index (χ0) is 21.3. The van der Waals surface area contributed by atoms with E-state index in [4.69, 9.17) is 8.94 Å². The minimum Gasteiger partial charge on any atom is -0.466 e. The first kappa shape index (κ1) is 20.6. The maximum atomic E-state index is 13.4. The van der Waals surface area contributed by atoms with Crippen molar-refractivity contribution in [2.24, 2.45) is 0 Å². The van der Waals surface area contributed by atoms with Crippen LogP contribution in [0.4, 0.5) is 0 Å². The summed E-state index contributed by atoms with van der Waals surface area (Å²) in [5.74, 6) is 0.975. The molecule has 0 aliphatic heterocycles. The van der Waals surface area contributed by atoms with Crippen molar-refractivity contribution >= 4 is 22.9 Å². The lowest BCUT2D eigenvalue weighted by molar-refractivity contribution is -0.122. The topological polar surface area (TPSA) is 101 Å². The molecule has 0 aromatic carbocycles. The number of hydrogen-bond donors (Lipinski definition) is 1. The molecule has 0 atom stereocenters. The number of aromatic nitrogens is 2. The molecule has 0 aliphatic carbocycles. The molecule has 3 heterocycles. The van der Waals surface area contributed by atoms with E-state index < -0.39 is 0 Å². The van der Waals surface area contributed by atoms with Crippen LogP contribution in [0.5, 0.6) is 0 Å². The number of amides is 2. The van der Waals surface area contributed by atoms with Crippen LogP contribution in [-0.2, 0) is 4.79 Å². The summed E-state index contributed by atoms with van der Waals surface area (Å²) in [5.41, 5.74) is 2.61. The predicted molar refractivity (Wildman–Crippen MR) is 109 cm³/mol. The molecule has 0 spiro atoms. The molecule has 0 fully saturated rings. The Morgan fingerprint density at radius 1 is 1.21 bits per heavy atom. The van der Waals surface area contributed by atoms with Crippen molar-refractivity contribution in [1.29, 1.82) is 0 Å². The average Bonchev–Trinajstić information content (AvgIpc) is 3.19. The van der Waals surface area contributed by atoms with E-state index in [0.717, 1.165) is 11.3 Å². The van der Waals surface area contributed by atoms with Gasteiger partial charge >= 0.3 is 0 Å². The van der Waals surface area contributed by atoms with E-state index in [1.54, 1.807) is 13.0 Å². The second kappa shape index (κ2) is 8.06. The van der Waals surface area contributed by atoms with Gasteiger partial charge in [0.2, 0.25) is 5.91 Å². The van der Waals surface area contributed by atoms with Gasteiger partial charge in [-0.1, -0.05) is 5.16 Å². The van der Waals surface area contributed by atoms with Crippen LogP contribution in [0.1, 0.15) is 48.3 Å². The van der Waals surface area contributed by atoms with Gasteiger partial charge in [0.1, 0.15) is 11.5 Å². The number of fused-ring (bicyclic) bond motifs is 1. The zero-order valence-electron chi connectivity index (χ0n) is 17.6. The Morgan fingerprint density at radius 3 is 2.52 bits per heavy atom. The number of pyridine rings is 1. The number of aryl methyl sites for hydroxylation is 3. The number of rotatable bonds is 6. The van der Waals surface area contributed by atoms with E-state index in [0.29, 0.717) is 34.6 Å². The van der Waals surface area contributed by atoms with Crippen LogP contribution in [0, 0.1) is 20.8 Å². The number of nitrogens with one attached hydrogen (secondary N) is 1. The second-order valence-electron chi connectivity index (χ2n) is 7.37. The third-order valence-electron chi connectivity index (χ3n) is 4.62. The highest BCUT2D eigenvalue weighted by Crippen LogP contribution is 2.31. The number of hydrogen-bond acceptors (Lipinski definition) is 6. The first-order valence-electron chi connectivity index (χ1n) is 9.64. The maximum absolute atomic E-state index is 13.4. The van der Waals surface area contributed by atoms with Gasteiger partial charge in [0.25, 0.3) is 11.6 Å². The summed E-state index contributed by atoms with van der Waals surface area (Å²) < 4.78 is 11.0. The van der Waals surface area contributed by atoms with Crippen LogP contribution in [0.2, 0.25) is 0 Å². The Labute approximate surface area is 169 Å². The van der Waals surface area contributed by atoms with E-state index >= 15 is 0 Å². The molecule has 0 bridgehead atoms. The van der Waals surface area contributed by atoms with Gasteiger partial charge in [-0.05, 0) is 53.7 Å². The average molecular weight is 398 g/mol. The molecular weight excluding hydrogens is 372 g/mol. The second-order valence-corrected chi connectivity index (χ2v) is 7.37. The van der Waals surface area contributed by atoms with Gasteiger partial charge in [-0.25, -0.2) is 4.98 Å². The third kappa shape index (κ3) is 4.16. The lowest BCUT2D eigenvalue weighted by Gasteiger charge is -2.21. The van der Waals surface area contributed by atoms with Crippen molar-refractivity contribution in [1.82, 2.24) is 20.4 Å². The Bertz CT molecular complexity index is 1060. The highest BCUT2D eigenvalue weighted by molar-refractivity contribution is 6.07. The SMILES string of the molecule is CCN(CC(=O)NC(C)C)C(=O)c1cc(-c2cc(C)oc2C)nc2onc(C)c12. The minimum atomic E-state index is -0.274. The first-order chi connectivity index (χ1) is 13.7. The molecule has 0 unspecified atom stereocenters. The minimum absolute atomic E-state index is 0.00293. The zero-order valence-corrected chi connectivity index (χ0v) is 17.6. The van der Waals surface area contributed by atoms with Crippen LogP contribution in [0.25, 0.3) is 22.4 Å². The lowest BCUT2D eigenvalue weighted by Crippen LogP contribution is -2.42. The molecule has 3 rings (SSSR count). The van der Waals surface area contributed by atoms with Gasteiger partial charge in [-0.3, -0.25) is 9.59 Å². The van der Waals surface area contributed by atoms with Crippen molar-refractivity contribution in [3.05, 3.63) is 34.9 Å². The molecule has 2 amide bonds. The van der Waals surface area contributed by atoms with E-state index in [1.807, 2.05) is 40.7 Å². The summed E-state index contributed by atoms with van der Waals surface area (Å²) in [6, 6.07) is 3.59. The Balaban J connectivity index is 2.06. The molecule has 0 saturated carbocycles. The molecule has 3 aromatic heterocycles. The molecule has 29 heavy (non-hydrogen) atoms. The van der Waals surface area contributed by atoms with Gasteiger partial charge in [0, 0.05) is 18.2 Å². The molecule has 8 heteroatoms. The number of furan rings is 1. The van der Waals surface area contributed by atoms with Crippen LogP contribution in [0.3, 0.4) is 0 Å². The summed E-state index contributed by atoms with van der Waals surface area (Å²) in [7, 11) is 0. The largest absolute Gasteiger partial charge is 0.466 e. The van der Waals surface area contributed by atoms with Crippen LogP contribution < -0.4 is 5.32 Å². The summed E-state index contributed by atoms with van der Waals surface area (Å²) in [6.07, 6.45) is 0. The van der Waals surface area contributed by atoms with Gasteiger partial charge in [0.05, 0.1) is 28.9 Å². The van der Waals surface area contributed by atoms with Crippen LogP contribution in [0.15, 0.2) is 21.1 Å².